The molecule has 0 radical (unpaired) electrons. The van der Waals surface area contributed by atoms with Crippen molar-refractivity contribution >= 4 is 0 Å². The van der Waals surface area contributed by atoms with Gasteiger partial charge in [0.1, 0.15) is 23.0 Å². The van der Waals surface area contributed by atoms with Crippen LogP contribution >= 0.6 is 0 Å². The van der Waals surface area contributed by atoms with Crippen LogP contribution in [-0.4, -0.2) is 16.5 Å². The van der Waals surface area contributed by atoms with Crippen LogP contribution in [-0.2, 0) is 0 Å². The summed E-state index contributed by atoms with van der Waals surface area (Å²) in [5.74, 6) is 2.12. The Morgan fingerprint density at radius 2 is 0.923 bits per heavy atom. The Morgan fingerprint density at radius 3 is 1.27 bits per heavy atom. The smallest absolute Gasteiger partial charge is 0.252 e. The number of phenols is 2. The lowest BCUT2D eigenvalue weighted by Crippen LogP contribution is -2.20. The maximum absolute atomic E-state index is 10.5. The Kier molecular flexibility index (Phi) is 4.33. The molecule has 0 atom stereocenters. The van der Waals surface area contributed by atoms with E-state index >= 15 is 0 Å². The predicted molar refractivity (Wildman–Crippen MR) is 103 cm³/mol. The second-order valence-corrected chi connectivity index (χ2v) is 7.01. The van der Waals surface area contributed by atoms with Crippen LogP contribution in [0.5, 0.6) is 23.0 Å². The van der Waals surface area contributed by atoms with E-state index in [1.54, 1.807) is 0 Å². The summed E-state index contributed by atoms with van der Waals surface area (Å²) in [7, 11) is 0. The highest BCUT2D eigenvalue weighted by Gasteiger charge is 2.48. The molecule has 0 amide bonds. The van der Waals surface area contributed by atoms with Crippen molar-refractivity contribution < 1.29 is 19.7 Å². The molecule has 0 fully saturated rings. The second-order valence-electron chi connectivity index (χ2n) is 7.01. The molecule has 26 heavy (non-hydrogen) atoms. The number of phenolic OH excluding ortho intramolecular Hbond substituents is 2. The Balaban J connectivity index is 0.000000948. The molecule has 4 nitrogen and oxygen atoms in total. The normalized spacial score (nSPS) is 18.9. The SMILES string of the molecule is CC.Cc1c(C)c2c(c(C)c1O)C1c3c(C)c(O)c(C)c(C)c3OC1O2. The summed E-state index contributed by atoms with van der Waals surface area (Å²) in [5.41, 5.74) is 7.17. The molecular weight excluding hydrogens is 328 g/mol. The lowest BCUT2D eigenvalue weighted by molar-refractivity contribution is 0.0320. The first-order valence-electron chi connectivity index (χ1n) is 9.24. The maximum atomic E-state index is 10.5. The summed E-state index contributed by atoms with van der Waals surface area (Å²) in [6.07, 6.45) is -0.438. The molecule has 0 spiro atoms. The zero-order valence-electron chi connectivity index (χ0n) is 16.9. The highest BCUT2D eigenvalue weighted by Crippen LogP contribution is 2.57. The van der Waals surface area contributed by atoms with Gasteiger partial charge in [0.2, 0.25) is 0 Å². The average molecular weight is 356 g/mol. The van der Waals surface area contributed by atoms with Crippen LogP contribution in [0.2, 0.25) is 0 Å². The molecule has 0 aliphatic carbocycles. The van der Waals surface area contributed by atoms with E-state index in [1.807, 2.05) is 55.4 Å². The van der Waals surface area contributed by atoms with E-state index in [2.05, 4.69) is 0 Å². The van der Waals surface area contributed by atoms with E-state index in [0.29, 0.717) is 11.5 Å². The zero-order valence-corrected chi connectivity index (χ0v) is 16.9. The Morgan fingerprint density at radius 1 is 0.577 bits per heavy atom. The van der Waals surface area contributed by atoms with E-state index in [1.165, 1.54) is 0 Å². The van der Waals surface area contributed by atoms with Crippen molar-refractivity contribution in [3.8, 4) is 23.0 Å². The van der Waals surface area contributed by atoms with Crippen molar-refractivity contribution in [2.24, 2.45) is 0 Å². The lowest BCUT2D eigenvalue weighted by Gasteiger charge is -2.18. The van der Waals surface area contributed by atoms with Gasteiger partial charge >= 0.3 is 0 Å². The molecule has 4 heteroatoms. The summed E-state index contributed by atoms with van der Waals surface area (Å²) >= 11 is 0. The van der Waals surface area contributed by atoms with Gasteiger partial charge in [-0.3, -0.25) is 0 Å². The molecule has 2 N–H and O–H groups in total. The van der Waals surface area contributed by atoms with Crippen LogP contribution in [0.4, 0.5) is 0 Å². The van der Waals surface area contributed by atoms with Crippen molar-refractivity contribution in [1.29, 1.82) is 0 Å². The number of rotatable bonds is 0. The third-order valence-corrected chi connectivity index (χ3v) is 5.89. The van der Waals surface area contributed by atoms with Crippen LogP contribution in [0.3, 0.4) is 0 Å². The molecule has 0 saturated carbocycles. The maximum Gasteiger partial charge on any atom is 0.252 e. The van der Waals surface area contributed by atoms with E-state index in [9.17, 15) is 10.2 Å². The van der Waals surface area contributed by atoms with Gasteiger partial charge in [-0.2, -0.15) is 0 Å². The molecule has 4 rings (SSSR count). The Hall–Kier alpha value is -2.36. The number of fused-ring (bicyclic) bond motifs is 5. The van der Waals surface area contributed by atoms with Crippen molar-refractivity contribution in [2.45, 2.75) is 67.6 Å². The fraction of sp³-hybridized carbons (Fsp3) is 0.455. The number of hydrogen-bond donors (Lipinski definition) is 2. The Bertz CT molecular complexity index is 838. The number of aromatic hydroxyl groups is 2. The molecular formula is C22H28O4. The van der Waals surface area contributed by atoms with Gasteiger partial charge < -0.3 is 19.7 Å². The summed E-state index contributed by atoms with van der Waals surface area (Å²) in [4.78, 5) is 0. The monoisotopic (exact) mass is 356 g/mol. The number of benzene rings is 2. The third-order valence-electron chi connectivity index (χ3n) is 5.89. The highest BCUT2D eigenvalue weighted by atomic mass is 16.7. The van der Waals surface area contributed by atoms with E-state index in [0.717, 1.165) is 56.0 Å². The van der Waals surface area contributed by atoms with Crippen molar-refractivity contribution in [2.75, 3.05) is 0 Å². The first-order valence-corrected chi connectivity index (χ1v) is 9.24. The molecule has 140 valence electrons. The van der Waals surface area contributed by atoms with Crippen LogP contribution in [0, 0.1) is 41.5 Å². The molecule has 2 heterocycles. The molecule has 0 unspecified atom stereocenters. The molecule has 2 aromatic rings. The van der Waals surface area contributed by atoms with Gasteiger partial charge in [0.15, 0.2) is 0 Å². The molecule has 0 bridgehead atoms. The van der Waals surface area contributed by atoms with E-state index < -0.39 is 6.29 Å². The Labute approximate surface area is 155 Å². The summed E-state index contributed by atoms with van der Waals surface area (Å²) < 4.78 is 12.3. The zero-order chi connectivity index (χ0) is 19.5. The van der Waals surface area contributed by atoms with Crippen LogP contribution in [0.15, 0.2) is 0 Å². The number of hydrogen-bond acceptors (Lipinski definition) is 4. The molecule has 2 aliphatic rings. The van der Waals surface area contributed by atoms with Crippen molar-refractivity contribution in [1.82, 2.24) is 0 Å². The topological polar surface area (TPSA) is 58.9 Å². The van der Waals surface area contributed by atoms with Gasteiger partial charge in [-0.05, 0) is 74.9 Å². The molecule has 2 aliphatic heterocycles. The minimum atomic E-state index is -0.438. The number of ether oxygens (including phenoxy) is 2. The van der Waals surface area contributed by atoms with Gasteiger partial charge in [0.25, 0.3) is 6.29 Å². The van der Waals surface area contributed by atoms with Crippen LogP contribution in [0.25, 0.3) is 0 Å². The molecule has 2 aromatic carbocycles. The van der Waals surface area contributed by atoms with Crippen molar-refractivity contribution in [3.63, 3.8) is 0 Å². The van der Waals surface area contributed by atoms with Crippen molar-refractivity contribution in [3.05, 3.63) is 44.5 Å². The first-order chi connectivity index (χ1) is 12.3. The minimum absolute atomic E-state index is 0.120. The highest BCUT2D eigenvalue weighted by molar-refractivity contribution is 5.69. The fourth-order valence-corrected chi connectivity index (χ4v) is 4.12. The van der Waals surface area contributed by atoms with E-state index in [-0.39, 0.29) is 5.92 Å². The van der Waals surface area contributed by atoms with Crippen LogP contribution < -0.4 is 9.47 Å². The lowest BCUT2D eigenvalue weighted by atomic mass is 9.83. The first kappa shape index (κ1) is 18.4. The van der Waals surface area contributed by atoms with Gasteiger partial charge in [-0.25, -0.2) is 0 Å². The van der Waals surface area contributed by atoms with Gasteiger partial charge in [-0.15, -0.1) is 0 Å². The molecule has 0 aromatic heterocycles. The van der Waals surface area contributed by atoms with Gasteiger partial charge in [0.05, 0.1) is 5.92 Å². The van der Waals surface area contributed by atoms with Crippen LogP contribution in [0.1, 0.15) is 64.3 Å². The van der Waals surface area contributed by atoms with E-state index in [4.69, 9.17) is 9.47 Å². The third kappa shape index (κ3) is 2.14. The summed E-state index contributed by atoms with van der Waals surface area (Å²) in [6.45, 7) is 15.5. The average Bonchev–Trinajstić information content (AvgIpc) is 3.19. The predicted octanol–water partition coefficient (Wildman–Crippen LogP) is 5.22. The largest absolute Gasteiger partial charge is 0.507 e. The van der Waals surface area contributed by atoms with Gasteiger partial charge in [-0.1, -0.05) is 13.8 Å². The summed E-state index contributed by atoms with van der Waals surface area (Å²) in [6, 6.07) is 0. The fourth-order valence-electron chi connectivity index (χ4n) is 4.12. The quantitative estimate of drug-likeness (QED) is 0.680. The minimum Gasteiger partial charge on any atom is -0.507 e. The van der Waals surface area contributed by atoms with Gasteiger partial charge in [0, 0.05) is 11.1 Å². The standard InChI is InChI=1S/C20H22O4.C2H6/c1-7-9(3)18-13(11(5)16(7)21)15-14-12(6)17(22)8(2)10(4)19(14)24-20(15)23-18;1-2/h15,20-22H,1-6H3;1-2H3. The summed E-state index contributed by atoms with van der Waals surface area (Å²) in [5, 5.41) is 21.0. The second kappa shape index (κ2) is 6.11. The molecule has 0 saturated heterocycles.